The second-order valence-corrected chi connectivity index (χ2v) is 8.33. The number of H-pyrrole nitrogens is 1. The van der Waals surface area contributed by atoms with Crippen molar-refractivity contribution in [3.05, 3.63) is 59.8 Å². The van der Waals surface area contributed by atoms with Crippen molar-refractivity contribution in [3.8, 4) is 11.5 Å². The third-order valence-electron chi connectivity index (χ3n) is 6.16. The van der Waals surface area contributed by atoms with Crippen LogP contribution in [0.3, 0.4) is 0 Å². The highest BCUT2D eigenvalue weighted by Crippen LogP contribution is 2.34. The Bertz CT molecular complexity index is 1100. The van der Waals surface area contributed by atoms with Gasteiger partial charge in [0.2, 0.25) is 5.91 Å². The number of piperidine rings is 1. The molecule has 0 atom stereocenters. The topological polar surface area (TPSA) is 54.6 Å². The maximum Gasteiger partial charge on any atom is 0.422 e. The quantitative estimate of drug-likeness (QED) is 0.510. The number of alkyl halides is 3. The third kappa shape index (κ3) is 5.61. The molecule has 1 N–H and O–H groups in total. The molecule has 0 aliphatic carbocycles. The zero-order valence-corrected chi connectivity index (χ0v) is 18.5. The minimum absolute atomic E-state index is 0.0317. The molecule has 4 rings (SSSR count). The summed E-state index contributed by atoms with van der Waals surface area (Å²) in [4.78, 5) is 18.0. The lowest BCUT2D eigenvalue weighted by atomic mass is 9.89. The summed E-state index contributed by atoms with van der Waals surface area (Å²) in [6.45, 7) is 0.0583. The van der Waals surface area contributed by atoms with Crippen molar-refractivity contribution < 1.29 is 27.4 Å². The normalized spacial score (nSPS) is 15.1. The van der Waals surface area contributed by atoms with E-state index in [4.69, 9.17) is 9.47 Å². The lowest BCUT2D eigenvalue weighted by Crippen LogP contribution is -2.38. The maximum absolute atomic E-state index is 12.8. The van der Waals surface area contributed by atoms with Gasteiger partial charge in [0.05, 0.1) is 7.11 Å². The van der Waals surface area contributed by atoms with Gasteiger partial charge in [-0.25, -0.2) is 0 Å². The lowest BCUT2D eigenvalue weighted by Gasteiger charge is -2.32. The van der Waals surface area contributed by atoms with Gasteiger partial charge in [-0.05, 0) is 54.5 Å². The fraction of sp³-hybridized carbons (Fsp3) is 0.400. The molecule has 176 valence electrons. The first-order valence-electron chi connectivity index (χ1n) is 11.0. The number of amides is 1. The molecule has 1 aliphatic heterocycles. The summed E-state index contributed by atoms with van der Waals surface area (Å²) in [6, 6.07) is 13.0. The second kappa shape index (κ2) is 9.77. The van der Waals surface area contributed by atoms with Crippen LogP contribution in [0.2, 0.25) is 0 Å². The fourth-order valence-corrected chi connectivity index (χ4v) is 4.43. The Morgan fingerprint density at radius 3 is 2.61 bits per heavy atom. The van der Waals surface area contributed by atoms with Crippen LogP contribution in [0, 0.1) is 0 Å². The first-order valence-corrected chi connectivity index (χ1v) is 11.0. The van der Waals surface area contributed by atoms with Crippen LogP contribution in [0.1, 0.15) is 36.3 Å². The smallest absolute Gasteiger partial charge is 0.422 e. The molecule has 1 saturated heterocycles. The number of methoxy groups -OCH3 is 1. The second-order valence-electron chi connectivity index (χ2n) is 8.33. The molecular formula is C25H27F3N2O3. The van der Waals surface area contributed by atoms with Gasteiger partial charge in [-0.2, -0.15) is 13.2 Å². The molecule has 2 aromatic carbocycles. The van der Waals surface area contributed by atoms with Gasteiger partial charge >= 0.3 is 6.18 Å². The zero-order valence-electron chi connectivity index (χ0n) is 18.5. The number of carbonyl (C=O) groups is 1. The van der Waals surface area contributed by atoms with Crippen LogP contribution in [0.15, 0.2) is 48.7 Å². The minimum Gasteiger partial charge on any atom is -0.493 e. The molecule has 1 amide bonds. The predicted octanol–water partition coefficient (Wildman–Crippen LogP) is 5.46. The van der Waals surface area contributed by atoms with E-state index in [2.05, 4.69) is 23.3 Å². The summed E-state index contributed by atoms with van der Waals surface area (Å²) in [5.41, 5.74) is 3.27. The summed E-state index contributed by atoms with van der Waals surface area (Å²) in [5, 5.41) is 1.25. The molecule has 33 heavy (non-hydrogen) atoms. The SMILES string of the molecule is COc1cc(CCC(=O)N2CCC(c3c[nH]c4ccccc34)CC2)ccc1OCC(F)(F)F. The van der Waals surface area contributed by atoms with Crippen LogP contribution in [-0.4, -0.2) is 48.8 Å². The van der Waals surface area contributed by atoms with E-state index in [1.54, 1.807) is 12.1 Å². The Hall–Kier alpha value is -3.16. The summed E-state index contributed by atoms with van der Waals surface area (Å²) >= 11 is 0. The number of halogens is 3. The van der Waals surface area contributed by atoms with Gasteiger partial charge < -0.3 is 19.4 Å². The number of aromatic nitrogens is 1. The highest BCUT2D eigenvalue weighted by atomic mass is 19.4. The van der Waals surface area contributed by atoms with E-state index in [0.717, 1.165) is 37.0 Å². The number of nitrogens with zero attached hydrogens (tertiary/aromatic N) is 1. The van der Waals surface area contributed by atoms with Crippen LogP contribution >= 0.6 is 0 Å². The number of hydrogen-bond acceptors (Lipinski definition) is 3. The van der Waals surface area contributed by atoms with Gasteiger partial charge in [-0.15, -0.1) is 0 Å². The van der Waals surface area contributed by atoms with Crippen molar-refractivity contribution in [3.63, 3.8) is 0 Å². The lowest BCUT2D eigenvalue weighted by molar-refractivity contribution is -0.153. The average molecular weight is 460 g/mol. The summed E-state index contributed by atoms with van der Waals surface area (Å²) in [7, 11) is 1.38. The van der Waals surface area contributed by atoms with Crippen LogP contribution in [0.5, 0.6) is 11.5 Å². The monoisotopic (exact) mass is 460 g/mol. The van der Waals surface area contributed by atoms with E-state index >= 15 is 0 Å². The van der Waals surface area contributed by atoms with E-state index in [1.165, 1.54) is 24.1 Å². The van der Waals surface area contributed by atoms with Crippen molar-refractivity contribution >= 4 is 16.8 Å². The molecule has 1 aromatic heterocycles. The van der Waals surface area contributed by atoms with Crippen molar-refractivity contribution in [1.82, 2.24) is 9.88 Å². The van der Waals surface area contributed by atoms with Gasteiger partial charge in [-0.3, -0.25) is 4.79 Å². The van der Waals surface area contributed by atoms with Gasteiger partial charge in [0.1, 0.15) is 0 Å². The number of rotatable bonds is 7. The average Bonchev–Trinajstić information content (AvgIpc) is 3.25. The number of aromatic amines is 1. The van der Waals surface area contributed by atoms with Crippen LogP contribution in [0.25, 0.3) is 10.9 Å². The van der Waals surface area contributed by atoms with E-state index < -0.39 is 12.8 Å². The summed E-state index contributed by atoms with van der Waals surface area (Å²) in [5.74, 6) is 0.774. The van der Waals surface area contributed by atoms with Crippen molar-refractivity contribution in [2.75, 3.05) is 26.8 Å². The third-order valence-corrected chi connectivity index (χ3v) is 6.16. The van der Waals surface area contributed by atoms with Crippen LogP contribution in [0.4, 0.5) is 13.2 Å². The number of likely N-dealkylation sites (tertiary alicyclic amines) is 1. The number of nitrogens with one attached hydrogen (secondary N) is 1. The molecule has 0 spiro atoms. The first kappa shape index (κ1) is 23.0. The molecule has 2 heterocycles. The largest absolute Gasteiger partial charge is 0.493 e. The maximum atomic E-state index is 12.8. The zero-order chi connectivity index (χ0) is 23.4. The Morgan fingerprint density at radius 2 is 1.88 bits per heavy atom. The number of fused-ring (bicyclic) bond motifs is 1. The van der Waals surface area contributed by atoms with Crippen LogP contribution in [-0.2, 0) is 11.2 Å². The van der Waals surface area contributed by atoms with Crippen LogP contribution < -0.4 is 9.47 Å². The standard InChI is InChI=1S/C25H27F3N2O3/c1-32-23-14-17(6-8-22(23)33-16-25(26,27)28)7-9-24(31)30-12-10-18(11-13-30)20-15-29-21-5-3-2-4-19(20)21/h2-6,8,14-15,18,29H,7,9-13,16H2,1H3. The first-order chi connectivity index (χ1) is 15.8. The van der Waals surface area contributed by atoms with E-state index in [1.807, 2.05) is 17.0 Å². The van der Waals surface area contributed by atoms with Crippen molar-refractivity contribution in [2.24, 2.45) is 0 Å². The predicted molar refractivity (Wildman–Crippen MR) is 120 cm³/mol. The minimum atomic E-state index is -4.42. The highest BCUT2D eigenvalue weighted by Gasteiger charge is 2.29. The van der Waals surface area contributed by atoms with Crippen molar-refractivity contribution in [2.45, 2.75) is 37.8 Å². The van der Waals surface area contributed by atoms with Gasteiger partial charge in [0, 0.05) is 36.6 Å². The van der Waals surface area contributed by atoms with Gasteiger partial charge in [0.25, 0.3) is 0 Å². The Balaban J connectivity index is 1.29. The summed E-state index contributed by atoms with van der Waals surface area (Å²) in [6.07, 6.45) is 0.333. The number of aryl methyl sites for hydroxylation is 1. The highest BCUT2D eigenvalue weighted by molar-refractivity contribution is 5.83. The molecule has 3 aromatic rings. The molecule has 0 saturated carbocycles. The number of ether oxygens (including phenoxy) is 2. The van der Waals surface area contributed by atoms with Crippen molar-refractivity contribution in [1.29, 1.82) is 0 Å². The number of hydrogen-bond donors (Lipinski definition) is 1. The molecule has 1 aliphatic rings. The molecule has 0 radical (unpaired) electrons. The number of para-hydroxylation sites is 1. The Kier molecular flexibility index (Phi) is 6.81. The molecule has 0 unspecified atom stereocenters. The number of benzene rings is 2. The van der Waals surface area contributed by atoms with E-state index in [-0.39, 0.29) is 17.4 Å². The summed E-state index contributed by atoms with van der Waals surface area (Å²) < 4.78 is 47.2. The molecule has 5 nitrogen and oxygen atoms in total. The van der Waals surface area contributed by atoms with E-state index in [9.17, 15) is 18.0 Å². The van der Waals surface area contributed by atoms with Gasteiger partial charge in [0.15, 0.2) is 18.1 Å². The Labute approximate surface area is 190 Å². The molecule has 8 heteroatoms. The molecular weight excluding hydrogens is 433 g/mol. The Morgan fingerprint density at radius 1 is 1.12 bits per heavy atom. The molecule has 0 bridgehead atoms. The molecule has 1 fully saturated rings. The van der Waals surface area contributed by atoms with E-state index in [0.29, 0.717) is 18.8 Å². The van der Waals surface area contributed by atoms with Gasteiger partial charge in [-0.1, -0.05) is 24.3 Å². The fourth-order valence-electron chi connectivity index (χ4n) is 4.43. The number of carbonyl (C=O) groups excluding carboxylic acids is 1.